The molecule has 2 heterocycles. The van der Waals surface area contributed by atoms with Crippen LogP contribution in [0.5, 0.6) is 5.75 Å². The molecule has 0 aliphatic carbocycles. The van der Waals surface area contributed by atoms with Crippen LogP contribution in [0.1, 0.15) is 18.4 Å². The fourth-order valence-corrected chi connectivity index (χ4v) is 5.22. The zero-order valence-electron chi connectivity index (χ0n) is 15.8. The van der Waals surface area contributed by atoms with Crippen molar-refractivity contribution in [3.05, 3.63) is 69.4 Å². The summed E-state index contributed by atoms with van der Waals surface area (Å²) in [5.74, 6) is -0.0144. The molecule has 0 radical (unpaired) electrons. The number of ether oxygens (including phenoxy) is 1. The molecule has 1 aromatic heterocycles. The first-order valence-corrected chi connectivity index (χ1v) is 11.1. The van der Waals surface area contributed by atoms with E-state index in [4.69, 9.17) is 16.3 Å². The van der Waals surface area contributed by atoms with E-state index in [0.717, 1.165) is 24.3 Å². The minimum absolute atomic E-state index is 0.0144. The van der Waals surface area contributed by atoms with E-state index < -0.39 is 20.6 Å². The molecule has 0 bridgehead atoms. The highest BCUT2D eigenvalue weighted by Crippen LogP contribution is 2.33. The zero-order chi connectivity index (χ0) is 21.3. The van der Waals surface area contributed by atoms with Crippen molar-refractivity contribution in [3.8, 4) is 5.75 Å². The maximum absolute atomic E-state index is 12.7. The molecule has 0 amide bonds. The lowest BCUT2D eigenvalue weighted by Crippen LogP contribution is -2.27. The molecular formula is C20H18ClN3O5S. The van der Waals surface area contributed by atoms with Crippen LogP contribution in [0, 0.1) is 10.1 Å². The predicted molar refractivity (Wildman–Crippen MR) is 112 cm³/mol. The Bertz CT molecular complexity index is 1230. The summed E-state index contributed by atoms with van der Waals surface area (Å²) in [5.41, 5.74) is 0.945. The van der Waals surface area contributed by atoms with Gasteiger partial charge in [-0.3, -0.25) is 15.1 Å². The van der Waals surface area contributed by atoms with E-state index in [9.17, 15) is 18.5 Å². The number of aromatic nitrogens is 1. The van der Waals surface area contributed by atoms with Crippen molar-refractivity contribution in [2.24, 2.45) is 0 Å². The third-order valence-electron chi connectivity index (χ3n) is 5.01. The molecule has 3 aromatic rings. The van der Waals surface area contributed by atoms with Crippen LogP contribution in [-0.2, 0) is 16.6 Å². The molecule has 156 valence electrons. The highest BCUT2D eigenvalue weighted by atomic mass is 35.5. The van der Waals surface area contributed by atoms with Crippen molar-refractivity contribution >= 4 is 38.2 Å². The second-order valence-electron chi connectivity index (χ2n) is 6.89. The summed E-state index contributed by atoms with van der Waals surface area (Å²) in [6.45, 7) is 0.861. The van der Waals surface area contributed by atoms with E-state index in [1.54, 1.807) is 24.4 Å². The Labute approximate surface area is 178 Å². The largest absolute Gasteiger partial charge is 0.482 e. The molecular weight excluding hydrogens is 430 g/mol. The number of halogens is 1. The number of pyridine rings is 1. The van der Waals surface area contributed by atoms with Gasteiger partial charge >= 0.3 is 5.69 Å². The van der Waals surface area contributed by atoms with E-state index >= 15 is 0 Å². The van der Waals surface area contributed by atoms with E-state index in [1.807, 2.05) is 6.07 Å². The molecule has 10 heteroatoms. The molecule has 1 aliphatic rings. The number of nitro benzene ring substituents is 1. The van der Waals surface area contributed by atoms with Crippen molar-refractivity contribution in [1.82, 2.24) is 9.29 Å². The molecule has 2 aromatic carbocycles. The monoisotopic (exact) mass is 447 g/mol. The Balaban J connectivity index is 1.64. The average molecular weight is 448 g/mol. The zero-order valence-corrected chi connectivity index (χ0v) is 17.4. The Morgan fingerprint density at radius 2 is 1.93 bits per heavy atom. The number of rotatable bonds is 6. The fraction of sp³-hybridized carbons (Fsp3) is 0.250. The molecule has 0 saturated carbocycles. The average Bonchev–Trinajstić information content (AvgIpc) is 3.29. The van der Waals surface area contributed by atoms with Crippen LogP contribution in [0.3, 0.4) is 0 Å². The topological polar surface area (TPSA) is 103 Å². The van der Waals surface area contributed by atoms with Crippen molar-refractivity contribution < 1.29 is 18.1 Å². The smallest absolute Gasteiger partial charge is 0.312 e. The van der Waals surface area contributed by atoms with Gasteiger partial charge < -0.3 is 4.74 Å². The van der Waals surface area contributed by atoms with Crippen LogP contribution < -0.4 is 4.74 Å². The van der Waals surface area contributed by atoms with Crippen LogP contribution >= 0.6 is 11.6 Å². The lowest BCUT2D eigenvalue weighted by atomic mass is 10.1. The first-order chi connectivity index (χ1) is 14.4. The predicted octanol–water partition coefficient (Wildman–Crippen LogP) is 4.16. The van der Waals surface area contributed by atoms with Gasteiger partial charge in [0.2, 0.25) is 10.0 Å². The van der Waals surface area contributed by atoms with Gasteiger partial charge in [-0.25, -0.2) is 8.42 Å². The van der Waals surface area contributed by atoms with Gasteiger partial charge in [-0.05, 0) is 43.2 Å². The number of hydrogen-bond acceptors (Lipinski definition) is 6. The van der Waals surface area contributed by atoms with Gasteiger partial charge in [0.25, 0.3) is 0 Å². The highest BCUT2D eigenvalue weighted by molar-refractivity contribution is 7.89. The second kappa shape index (κ2) is 8.17. The van der Waals surface area contributed by atoms with Crippen molar-refractivity contribution in [3.63, 3.8) is 0 Å². The fourth-order valence-electron chi connectivity index (χ4n) is 3.47. The molecule has 0 atom stereocenters. The van der Waals surface area contributed by atoms with Gasteiger partial charge in [0.15, 0.2) is 5.75 Å². The van der Waals surface area contributed by atoms with Gasteiger partial charge in [-0.15, -0.1) is 0 Å². The van der Waals surface area contributed by atoms with Crippen LogP contribution in [0.4, 0.5) is 5.69 Å². The van der Waals surface area contributed by atoms with Crippen LogP contribution in [0.15, 0.2) is 53.6 Å². The van der Waals surface area contributed by atoms with Crippen molar-refractivity contribution in [1.29, 1.82) is 0 Å². The third kappa shape index (κ3) is 3.83. The quantitative estimate of drug-likeness (QED) is 0.415. The SMILES string of the molecule is O=[N+]([O-])c1cc(S(=O)(=O)N2CCCC2)ccc1OCc1ccc(Cl)c2cccnc12. The standard InChI is InChI=1S/C20H18ClN3O5S/c21-17-7-5-14(20-16(17)4-3-9-22-20)13-29-19-8-6-15(12-18(19)24(25)26)30(27,28)23-10-1-2-11-23/h3-9,12H,1-2,10-11,13H2. The first-order valence-electron chi connectivity index (χ1n) is 9.31. The van der Waals surface area contributed by atoms with Crippen molar-refractivity contribution in [2.45, 2.75) is 24.3 Å². The van der Waals surface area contributed by atoms with E-state index in [0.29, 0.717) is 29.2 Å². The third-order valence-corrected chi connectivity index (χ3v) is 7.24. The molecule has 0 unspecified atom stereocenters. The van der Waals surface area contributed by atoms with Gasteiger partial charge in [-0.2, -0.15) is 4.31 Å². The summed E-state index contributed by atoms with van der Waals surface area (Å²) in [7, 11) is -3.76. The summed E-state index contributed by atoms with van der Waals surface area (Å²) < 4.78 is 32.5. The first kappa shape index (κ1) is 20.5. The van der Waals surface area contributed by atoms with Crippen LogP contribution in [-0.4, -0.2) is 35.7 Å². The molecule has 0 spiro atoms. The van der Waals surface area contributed by atoms with Gasteiger partial charge in [0.05, 0.1) is 15.3 Å². The Kier molecular flexibility index (Phi) is 5.59. The number of nitrogens with zero attached hydrogens (tertiary/aromatic N) is 3. The van der Waals surface area contributed by atoms with E-state index in [2.05, 4.69) is 4.98 Å². The number of sulfonamides is 1. The second-order valence-corrected chi connectivity index (χ2v) is 9.24. The maximum Gasteiger partial charge on any atom is 0.312 e. The summed E-state index contributed by atoms with van der Waals surface area (Å²) >= 11 is 6.20. The molecule has 1 saturated heterocycles. The highest BCUT2D eigenvalue weighted by Gasteiger charge is 2.29. The normalized spacial score (nSPS) is 14.8. The van der Waals surface area contributed by atoms with Crippen LogP contribution in [0.2, 0.25) is 5.02 Å². The van der Waals surface area contributed by atoms with E-state index in [1.165, 1.54) is 16.4 Å². The summed E-state index contributed by atoms with van der Waals surface area (Å²) in [5, 5.41) is 12.9. The van der Waals surface area contributed by atoms with Gasteiger partial charge in [-0.1, -0.05) is 17.7 Å². The minimum atomic E-state index is -3.76. The minimum Gasteiger partial charge on any atom is -0.482 e. The summed E-state index contributed by atoms with van der Waals surface area (Å²) in [6.07, 6.45) is 3.19. The lowest BCUT2D eigenvalue weighted by Gasteiger charge is -2.16. The molecule has 4 rings (SSSR count). The molecule has 30 heavy (non-hydrogen) atoms. The molecule has 1 aliphatic heterocycles. The maximum atomic E-state index is 12.7. The molecule has 0 N–H and O–H groups in total. The van der Waals surface area contributed by atoms with E-state index in [-0.39, 0.29) is 17.3 Å². The van der Waals surface area contributed by atoms with Crippen LogP contribution in [0.25, 0.3) is 10.9 Å². The molecule has 1 fully saturated rings. The van der Waals surface area contributed by atoms with Gasteiger partial charge in [0.1, 0.15) is 6.61 Å². The molecule has 8 nitrogen and oxygen atoms in total. The lowest BCUT2D eigenvalue weighted by molar-refractivity contribution is -0.386. The number of nitro groups is 1. The number of benzene rings is 2. The Morgan fingerprint density at radius 1 is 1.17 bits per heavy atom. The van der Waals surface area contributed by atoms with Gasteiger partial charge in [0, 0.05) is 41.3 Å². The number of fused-ring (bicyclic) bond motifs is 1. The summed E-state index contributed by atoms with van der Waals surface area (Å²) in [6, 6.07) is 10.8. The number of hydrogen-bond donors (Lipinski definition) is 0. The Hall–Kier alpha value is -2.75. The summed E-state index contributed by atoms with van der Waals surface area (Å²) in [4.78, 5) is 15.1. The Morgan fingerprint density at radius 3 is 2.67 bits per heavy atom. The van der Waals surface area contributed by atoms with Crippen molar-refractivity contribution in [2.75, 3.05) is 13.1 Å².